The highest BCUT2D eigenvalue weighted by atomic mass is 32.2. The maximum atomic E-state index is 10.7. The Morgan fingerprint density at radius 2 is 1.88 bits per heavy atom. The number of methoxy groups -OCH3 is 1. The van der Waals surface area contributed by atoms with Gasteiger partial charge in [0.15, 0.2) is 10.1 Å². The van der Waals surface area contributed by atoms with Crippen LogP contribution < -0.4 is 5.73 Å². The minimum absolute atomic E-state index is 0.325. The number of carbonyl (C=O) groups excluding carboxylic acids is 1. The Balaban J connectivity index is 0. The van der Waals surface area contributed by atoms with E-state index in [0.717, 1.165) is 0 Å². The zero-order valence-electron chi connectivity index (χ0n) is 8.15. The molecule has 0 aromatic heterocycles. The highest BCUT2D eigenvalue weighted by molar-refractivity contribution is 7.86. The van der Waals surface area contributed by atoms with E-state index in [9.17, 15) is 18.0 Å². The van der Waals surface area contributed by atoms with E-state index in [1.165, 1.54) is 13.2 Å². The lowest BCUT2D eigenvalue weighted by molar-refractivity contribution is -0.352. The van der Waals surface area contributed by atoms with Crippen LogP contribution in [-0.2, 0) is 19.6 Å². The van der Waals surface area contributed by atoms with Crippen LogP contribution in [0.15, 0.2) is 12.2 Å². The lowest BCUT2D eigenvalue weighted by Crippen LogP contribution is -2.49. The summed E-state index contributed by atoms with van der Waals surface area (Å²) in [6, 6.07) is 0. The van der Waals surface area contributed by atoms with Gasteiger partial charge >= 0.3 is 11.5 Å². The second kappa shape index (κ2) is 7.19. The molecule has 6 nitrogen and oxygen atoms in total. The van der Waals surface area contributed by atoms with Crippen LogP contribution >= 0.6 is 0 Å². The van der Waals surface area contributed by atoms with Gasteiger partial charge in [0, 0.05) is 6.08 Å². The number of alkyl halides is 3. The largest absolute Gasteiger partial charge is 0.741 e. The molecule has 96 valence electrons. The van der Waals surface area contributed by atoms with Crippen molar-refractivity contribution in [2.45, 2.75) is 5.51 Å². The van der Waals surface area contributed by atoms with Crippen molar-refractivity contribution in [3.63, 3.8) is 0 Å². The maximum absolute atomic E-state index is 10.7. The van der Waals surface area contributed by atoms with Gasteiger partial charge in [0.05, 0.1) is 13.7 Å². The van der Waals surface area contributed by atoms with Crippen LogP contribution in [0.4, 0.5) is 13.2 Å². The molecular weight excluding hydrogens is 255 g/mol. The van der Waals surface area contributed by atoms with Gasteiger partial charge in [0.1, 0.15) is 0 Å². The highest BCUT2D eigenvalue weighted by Crippen LogP contribution is 2.20. The van der Waals surface area contributed by atoms with Gasteiger partial charge in [-0.05, 0) is 6.08 Å². The summed E-state index contributed by atoms with van der Waals surface area (Å²) in [4.78, 5) is 10.2. The van der Waals surface area contributed by atoms with Crippen LogP contribution in [0, 0.1) is 0 Å². The first kappa shape index (κ1) is 17.3. The van der Waals surface area contributed by atoms with E-state index in [2.05, 4.69) is 10.5 Å². The predicted molar refractivity (Wildman–Crippen MR) is 44.7 cm³/mol. The van der Waals surface area contributed by atoms with E-state index in [1.54, 1.807) is 6.08 Å². The van der Waals surface area contributed by atoms with E-state index in [1.807, 2.05) is 0 Å². The smallest absolute Gasteiger partial charge is 0.485 e. The quantitative estimate of drug-likeness (QED) is 0.298. The van der Waals surface area contributed by atoms with Crippen molar-refractivity contribution in [3.05, 3.63) is 12.2 Å². The molecule has 0 heterocycles. The standard InChI is InChI=1S/C5H9NO2.CHF3O3S/c1-8-5(7)3-2-4-6;2-1(3,4)8(5,6)7/h2-3H,4,6H2,1H3;(H,5,6,7)/b3-2+;. The Morgan fingerprint density at radius 3 is 2.06 bits per heavy atom. The Morgan fingerprint density at radius 1 is 1.50 bits per heavy atom. The third-order valence-electron chi connectivity index (χ3n) is 0.905. The van der Waals surface area contributed by atoms with Gasteiger partial charge in [-0.1, -0.05) is 0 Å². The molecule has 0 amide bonds. The fourth-order valence-corrected chi connectivity index (χ4v) is 0.248. The van der Waals surface area contributed by atoms with E-state index < -0.39 is 15.6 Å². The average Bonchev–Trinajstić information content (AvgIpc) is 2.12. The summed E-state index contributed by atoms with van der Waals surface area (Å²) in [5.41, 5.74) is -2.15. The van der Waals surface area contributed by atoms with E-state index >= 15 is 0 Å². The molecule has 0 radical (unpaired) electrons. The summed E-state index contributed by atoms with van der Waals surface area (Å²) < 4.78 is 63.2. The van der Waals surface area contributed by atoms with Crippen molar-refractivity contribution in [1.82, 2.24) is 0 Å². The number of hydrogen-bond acceptors (Lipinski definition) is 5. The molecular formula is C6H10F3NO5S. The lowest BCUT2D eigenvalue weighted by Gasteiger charge is -2.08. The van der Waals surface area contributed by atoms with Crippen LogP contribution in [0.5, 0.6) is 0 Å². The summed E-state index contributed by atoms with van der Waals surface area (Å²) in [6.45, 7) is 0.620. The molecule has 0 fully saturated rings. The summed E-state index contributed by atoms with van der Waals surface area (Å²) in [5, 5.41) is 0. The topological polar surface area (TPSA) is 111 Å². The molecule has 0 aromatic carbocycles. The van der Waals surface area contributed by atoms with Gasteiger partial charge in [0.2, 0.25) is 0 Å². The molecule has 0 aliphatic carbocycles. The molecule has 0 aliphatic heterocycles. The Kier molecular flexibility index (Phi) is 7.77. The van der Waals surface area contributed by atoms with Gasteiger partial charge < -0.3 is 15.0 Å². The Labute approximate surface area is 89.6 Å². The normalized spacial score (nSPS) is 11.9. The molecule has 10 heteroatoms. The summed E-state index contributed by atoms with van der Waals surface area (Å²) in [5.74, 6) is -0.325. The molecule has 3 N–H and O–H groups in total. The minimum atomic E-state index is -6.09. The highest BCUT2D eigenvalue weighted by Gasteiger charge is 2.36. The second-order valence-corrected chi connectivity index (χ2v) is 3.49. The monoisotopic (exact) mass is 265 g/mol. The fourth-order valence-electron chi connectivity index (χ4n) is 0.248. The van der Waals surface area contributed by atoms with Gasteiger partial charge in [-0.25, -0.2) is 13.2 Å². The predicted octanol–water partition coefficient (Wildman–Crippen LogP) is -0.991. The number of quaternary nitrogens is 1. The number of ether oxygens (including phenoxy) is 1. The molecule has 16 heavy (non-hydrogen) atoms. The van der Waals surface area contributed by atoms with Gasteiger partial charge in [-0.2, -0.15) is 13.2 Å². The average molecular weight is 265 g/mol. The number of halogens is 3. The molecule has 0 aromatic rings. The number of carbonyl (C=O) groups is 1. The maximum Gasteiger partial charge on any atom is 0.485 e. The Bertz CT molecular complexity index is 335. The number of rotatable bonds is 2. The van der Waals surface area contributed by atoms with Gasteiger partial charge in [-0.3, -0.25) is 0 Å². The Hall–Kier alpha value is -1.13. The van der Waals surface area contributed by atoms with Crippen LogP contribution in [0.2, 0.25) is 0 Å². The lowest BCUT2D eigenvalue weighted by atomic mass is 10.5. The SMILES string of the molecule is COC(=O)/C=C/C[NH3+].O=S(=O)([O-])C(F)(F)F. The molecule has 0 atom stereocenters. The zero-order chi connectivity index (χ0) is 13.4. The minimum Gasteiger partial charge on any atom is -0.741 e. The van der Waals surface area contributed by atoms with Crippen molar-refractivity contribution in [3.8, 4) is 0 Å². The molecule has 0 spiro atoms. The van der Waals surface area contributed by atoms with Crippen molar-refractivity contribution in [2.24, 2.45) is 0 Å². The first-order valence-electron chi connectivity index (χ1n) is 3.62. The zero-order valence-corrected chi connectivity index (χ0v) is 8.97. The number of esters is 1. The molecule has 0 unspecified atom stereocenters. The van der Waals surface area contributed by atoms with Crippen molar-refractivity contribution in [1.29, 1.82) is 0 Å². The first-order valence-corrected chi connectivity index (χ1v) is 5.03. The van der Waals surface area contributed by atoms with Crippen LogP contribution in [0.3, 0.4) is 0 Å². The van der Waals surface area contributed by atoms with E-state index in [-0.39, 0.29) is 5.97 Å². The molecule has 0 bridgehead atoms. The third kappa shape index (κ3) is 9.43. The molecule has 0 saturated heterocycles. The van der Waals surface area contributed by atoms with E-state index in [4.69, 9.17) is 13.0 Å². The first-order chi connectivity index (χ1) is 7.06. The molecule has 0 rings (SSSR count). The summed E-state index contributed by atoms with van der Waals surface area (Å²) in [6.07, 6.45) is 3.00. The van der Waals surface area contributed by atoms with Crippen LogP contribution in [0.25, 0.3) is 0 Å². The van der Waals surface area contributed by atoms with Crippen molar-refractivity contribution in [2.75, 3.05) is 13.7 Å². The summed E-state index contributed by atoms with van der Waals surface area (Å²) >= 11 is 0. The van der Waals surface area contributed by atoms with E-state index in [0.29, 0.717) is 6.54 Å². The summed E-state index contributed by atoms with van der Waals surface area (Å²) in [7, 11) is -4.75. The van der Waals surface area contributed by atoms with Crippen molar-refractivity contribution >= 4 is 16.1 Å². The fraction of sp³-hybridized carbons (Fsp3) is 0.500. The van der Waals surface area contributed by atoms with Gasteiger partial charge in [-0.15, -0.1) is 0 Å². The molecule has 0 aliphatic rings. The van der Waals surface area contributed by atoms with Gasteiger partial charge in [0.25, 0.3) is 0 Å². The second-order valence-electron chi connectivity index (χ2n) is 2.11. The van der Waals surface area contributed by atoms with Crippen molar-refractivity contribution < 1.29 is 41.4 Å². The molecule has 0 saturated carbocycles. The number of hydrogen-bond donors (Lipinski definition) is 1. The van der Waals surface area contributed by atoms with Crippen LogP contribution in [0.1, 0.15) is 0 Å². The van der Waals surface area contributed by atoms with Crippen LogP contribution in [-0.4, -0.2) is 38.1 Å². The third-order valence-corrected chi connectivity index (χ3v) is 1.47.